The molecule has 0 bridgehead atoms. The van der Waals surface area contributed by atoms with E-state index in [-0.39, 0.29) is 17.5 Å². The van der Waals surface area contributed by atoms with Crippen LogP contribution in [0.4, 0.5) is 34.1 Å². The molecule has 74 heavy (non-hydrogen) atoms. The van der Waals surface area contributed by atoms with Crippen molar-refractivity contribution < 1.29 is 18.9 Å². The summed E-state index contributed by atoms with van der Waals surface area (Å²) in [5, 5.41) is 0. The molecule has 0 saturated heterocycles. The molecule has 6 nitrogen and oxygen atoms in total. The van der Waals surface area contributed by atoms with Gasteiger partial charge < -0.3 is 28.7 Å². The molecule has 6 aliphatic rings. The average Bonchev–Trinajstić information content (AvgIpc) is 3.61. The third kappa shape index (κ3) is 6.19. The van der Waals surface area contributed by atoms with Gasteiger partial charge in [0.1, 0.15) is 0 Å². The van der Waals surface area contributed by atoms with Crippen molar-refractivity contribution in [2.75, 3.05) is 36.2 Å². The first-order valence-corrected chi connectivity index (χ1v) is 26.4. The zero-order valence-electron chi connectivity index (χ0n) is 42.5. The molecule has 0 unspecified atom stereocenters. The maximum absolute atomic E-state index is 6.74. The Morgan fingerprint density at radius 3 is 1.28 bits per heavy atom. The molecule has 0 atom stereocenters. The molecule has 4 aliphatic heterocycles. The minimum Gasteiger partial charge on any atom is -0.489 e. The van der Waals surface area contributed by atoms with Crippen molar-refractivity contribution in [3.63, 3.8) is 0 Å². The number of rotatable bonds is 4. The van der Waals surface area contributed by atoms with E-state index >= 15 is 0 Å². The summed E-state index contributed by atoms with van der Waals surface area (Å²) in [4.78, 5) is 4.93. The van der Waals surface area contributed by atoms with Crippen LogP contribution in [0.15, 0.2) is 170 Å². The van der Waals surface area contributed by atoms with Crippen LogP contribution in [0.2, 0.25) is 0 Å². The van der Waals surface area contributed by atoms with Crippen LogP contribution in [-0.4, -0.2) is 33.1 Å². The molecule has 0 radical (unpaired) electrons. The van der Waals surface area contributed by atoms with Crippen LogP contribution in [0.25, 0.3) is 44.5 Å². The van der Waals surface area contributed by atoms with Gasteiger partial charge in [-0.25, -0.2) is 0 Å². The molecule has 360 valence electrons. The summed E-state index contributed by atoms with van der Waals surface area (Å²) in [7, 11) is 0. The SMILES string of the molecule is Cc1cc2c3c(c1)N(c1cccc4c1OCCCO4)c1cc(-c4ccc5c(c4)C(C)(C)c4ccccc4-5)ccc1B3c1ccc(-c3ccc4c(c3)C(C)(C)c3ccccc3-4)cc1N2c1cccc2c1OCCCO2. The second-order valence-electron chi connectivity index (χ2n) is 22.0. The van der Waals surface area contributed by atoms with Crippen molar-refractivity contribution >= 4 is 57.2 Å². The van der Waals surface area contributed by atoms with Gasteiger partial charge >= 0.3 is 0 Å². The Balaban J connectivity index is 0.975. The summed E-state index contributed by atoms with van der Waals surface area (Å²) < 4.78 is 26.3. The van der Waals surface area contributed by atoms with Gasteiger partial charge in [0, 0.05) is 46.4 Å². The second-order valence-corrected chi connectivity index (χ2v) is 22.0. The number of para-hydroxylation sites is 2. The average molecular weight is 963 g/mol. The van der Waals surface area contributed by atoms with Gasteiger partial charge in [0.05, 0.1) is 37.8 Å². The molecule has 2 aliphatic carbocycles. The summed E-state index contributed by atoms with van der Waals surface area (Å²) in [5.74, 6) is 3.07. The van der Waals surface area contributed by atoms with Gasteiger partial charge in [-0.05, 0) is 156 Å². The lowest BCUT2D eigenvalue weighted by molar-refractivity contribution is 0.297. The van der Waals surface area contributed by atoms with Gasteiger partial charge in [0.15, 0.2) is 23.0 Å². The Bertz CT molecular complexity index is 3630. The summed E-state index contributed by atoms with van der Waals surface area (Å²) >= 11 is 0. The number of ether oxygens (including phenoxy) is 4. The normalized spacial score (nSPS) is 16.4. The first-order valence-electron chi connectivity index (χ1n) is 26.4. The van der Waals surface area contributed by atoms with Crippen LogP contribution in [-0.2, 0) is 10.8 Å². The highest BCUT2D eigenvalue weighted by molar-refractivity contribution is 7.00. The van der Waals surface area contributed by atoms with Gasteiger partial charge in [-0.15, -0.1) is 0 Å². The molecule has 15 rings (SSSR count). The van der Waals surface area contributed by atoms with E-state index in [0.29, 0.717) is 26.4 Å². The van der Waals surface area contributed by atoms with E-state index in [1.165, 1.54) is 72.0 Å². The van der Waals surface area contributed by atoms with Gasteiger partial charge in [0.2, 0.25) is 0 Å². The van der Waals surface area contributed by atoms with Crippen molar-refractivity contribution in [2.45, 2.75) is 58.3 Å². The molecular weight excluding hydrogens is 908 g/mol. The largest absolute Gasteiger partial charge is 0.489 e. The lowest BCUT2D eigenvalue weighted by Crippen LogP contribution is -2.61. The Hall–Kier alpha value is -8.16. The predicted octanol–water partition coefficient (Wildman–Crippen LogP) is 14.3. The topological polar surface area (TPSA) is 43.4 Å². The lowest BCUT2D eigenvalue weighted by Gasteiger charge is -2.45. The Labute approximate surface area is 433 Å². The number of benzene rings is 9. The summed E-state index contributed by atoms with van der Waals surface area (Å²) in [6.07, 6.45) is 1.63. The molecule has 9 aromatic carbocycles. The van der Waals surface area contributed by atoms with Crippen LogP contribution < -0.4 is 45.1 Å². The van der Waals surface area contributed by atoms with E-state index < -0.39 is 0 Å². The fraction of sp³-hybridized carbons (Fsp3) is 0.194. The summed E-state index contributed by atoms with van der Waals surface area (Å²) in [6.45, 7) is 13.9. The van der Waals surface area contributed by atoms with Crippen LogP contribution in [0, 0.1) is 6.92 Å². The molecule has 7 heteroatoms. The maximum atomic E-state index is 6.74. The molecule has 0 spiro atoms. The lowest BCUT2D eigenvalue weighted by atomic mass is 9.33. The third-order valence-corrected chi connectivity index (χ3v) is 17.0. The van der Waals surface area contributed by atoms with E-state index in [0.717, 1.165) is 86.7 Å². The smallest absolute Gasteiger partial charge is 0.252 e. The molecule has 9 aromatic rings. The fourth-order valence-electron chi connectivity index (χ4n) is 13.5. The monoisotopic (exact) mass is 962 g/mol. The number of anilines is 6. The maximum Gasteiger partial charge on any atom is 0.252 e. The molecule has 0 fully saturated rings. The summed E-state index contributed by atoms with van der Waals surface area (Å²) in [5.41, 5.74) is 26.4. The highest BCUT2D eigenvalue weighted by atomic mass is 16.5. The zero-order chi connectivity index (χ0) is 49.6. The number of aryl methyl sites for hydroxylation is 1. The molecule has 4 heterocycles. The first kappa shape index (κ1) is 43.4. The number of hydrogen-bond acceptors (Lipinski definition) is 6. The van der Waals surface area contributed by atoms with Gasteiger partial charge in [-0.3, -0.25) is 0 Å². The standard InChI is InChI=1S/C67H55BN2O4/c1-40-34-59-63-60(35-40)70(56-19-11-21-62-65(56)74-33-13-31-72-62)58-39-44(42-23-27-48-46-15-7-9-17-50(46)67(4,5)52(48)37-42)25-29-54(58)68(63)53-28-24-43(38-57(53)69(59)55-18-10-20-61-64(55)73-32-12-30-71-61)41-22-26-47-45-14-6-8-16-49(45)66(2,3)51(47)36-41/h6-11,14-29,34-39H,12-13,30-33H2,1-5H3. The minimum atomic E-state index is -0.125. The van der Waals surface area contributed by atoms with Crippen molar-refractivity contribution in [2.24, 2.45) is 0 Å². The van der Waals surface area contributed by atoms with E-state index in [9.17, 15) is 0 Å². The molecule has 0 saturated carbocycles. The van der Waals surface area contributed by atoms with Gasteiger partial charge in [-0.1, -0.05) is 137 Å². The molecule has 0 N–H and O–H groups in total. The number of nitrogens with zero attached hydrogens (tertiary/aromatic N) is 2. The number of hydrogen-bond donors (Lipinski definition) is 0. The van der Waals surface area contributed by atoms with Gasteiger partial charge in [-0.2, -0.15) is 0 Å². The summed E-state index contributed by atoms with van der Waals surface area (Å²) in [6, 6.07) is 63.8. The molecular formula is C67H55BN2O4. The van der Waals surface area contributed by atoms with Crippen molar-refractivity contribution in [3.05, 3.63) is 198 Å². The Morgan fingerprint density at radius 1 is 0.378 bits per heavy atom. The van der Waals surface area contributed by atoms with E-state index in [2.05, 4.69) is 202 Å². The first-order chi connectivity index (χ1) is 36.1. The molecule has 0 amide bonds. The Morgan fingerprint density at radius 2 is 0.797 bits per heavy atom. The second kappa shape index (κ2) is 15.9. The van der Waals surface area contributed by atoms with E-state index in [4.69, 9.17) is 18.9 Å². The third-order valence-electron chi connectivity index (χ3n) is 17.0. The van der Waals surface area contributed by atoms with Crippen molar-refractivity contribution in [3.8, 4) is 67.5 Å². The van der Waals surface area contributed by atoms with Crippen molar-refractivity contribution in [1.29, 1.82) is 0 Å². The van der Waals surface area contributed by atoms with Crippen molar-refractivity contribution in [1.82, 2.24) is 0 Å². The van der Waals surface area contributed by atoms with Crippen LogP contribution in [0.1, 0.15) is 68.4 Å². The van der Waals surface area contributed by atoms with Crippen LogP contribution in [0.5, 0.6) is 23.0 Å². The fourth-order valence-corrected chi connectivity index (χ4v) is 13.5. The molecule has 0 aromatic heterocycles. The highest BCUT2D eigenvalue weighted by Gasteiger charge is 2.46. The predicted molar refractivity (Wildman–Crippen MR) is 302 cm³/mol. The number of fused-ring (bicyclic) bond motifs is 12. The van der Waals surface area contributed by atoms with E-state index in [1.807, 2.05) is 12.1 Å². The van der Waals surface area contributed by atoms with E-state index in [1.54, 1.807) is 0 Å². The highest BCUT2D eigenvalue weighted by Crippen LogP contribution is 2.55. The van der Waals surface area contributed by atoms with Crippen LogP contribution >= 0.6 is 0 Å². The minimum absolute atomic E-state index is 0.109. The Kier molecular flexibility index (Phi) is 9.34. The zero-order valence-corrected chi connectivity index (χ0v) is 42.5. The van der Waals surface area contributed by atoms with Crippen LogP contribution in [0.3, 0.4) is 0 Å². The quantitative estimate of drug-likeness (QED) is 0.164. The van der Waals surface area contributed by atoms with Gasteiger partial charge in [0.25, 0.3) is 6.71 Å².